The molecule has 1 aromatic carbocycles. The Balaban J connectivity index is 2.07. The summed E-state index contributed by atoms with van der Waals surface area (Å²) in [6, 6.07) is 4.76. The zero-order chi connectivity index (χ0) is 21.7. The molecule has 1 saturated heterocycles. The Bertz CT molecular complexity index is 882. The standard InChI is InChI=1S/C21H26N2O6S/c1-5-28-15-7-6-14(12-16(15)27-4)19-18(20(25)29-10-9-26-3)13(2)22-21-23(19)17(24)8-11-30-21/h6-7,12,19H,5,8-11H2,1-4H3. The molecule has 30 heavy (non-hydrogen) atoms. The number of methoxy groups -OCH3 is 2. The number of hydrogen-bond donors (Lipinski definition) is 0. The molecule has 2 aliphatic rings. The van der Waals surface area contributed by atoms with Gasteiger partial charge < -0.3 is 18.9 Å². The van der Waals surface area contributed by atoms with Gasteiger partial charge in [0.15, 0.2) is 16.7 Å². The number of nitrogens with zero attached hydrogens (tertiary/aromatic N) is 2. The van der Waals surface area contributed by atoms with Crippen LogP contribution in [0.25, 0.3) is 0 Å². The Kier molecular flexibility index (Phi) is 7.38. The van der Waals surface area contributed by atoms with Crippen LogP contribution in [0.5, 0.6) is 11.5 Å². The lowest BCUT2D eigenvalue weighted by Gasteiger charge is -2.39. The van der Waals surface area contributed by atoms with Gasteiger partial charge in [-0.05, 0) is 31.5 Å². The number of benzene rings is 1. The highest BCUT2D eigenvalue weighted by Gasteiger charge is 2.42. The molecule has 3 rings (SSSR count). The van der Waals surface area contributed by atoms with E-state index in [2.05, 4.69) is 4.99 Å². The molecule has 162 valence electrons. The van der Waals surface area contributed by atoms with Gasteiger partial charge in [-0.15, -0.1) is 0 Å². The lowest BCUT2D eigenvalue weighted by Crippen LogP contribution is -2.45. The summed E-state index contributed by atoms with van der Waals surface area (Å²) in [5.74, 6) is 1.18. The number of fused-ring (bicyclic) bond motifs is 1. The molecule has 0 aliphatic carbocycles. The van der Waals surface area contributed by atoms with Crippen LogP contribution in [0.1, 0.15) is 31.9 Å². The molecule has 1 fully saturated rings. The van der Waals surface area contributed by atoms with Crippen molar-refractivity contribution in [2.45, 2.75) is 26.3 Å². The van der Waals surface area contributed by atoms with Gasteiger partial charge in [0.2, 0.25) is 5.91 Å². The van der Waals surface area contributed by atoms with E-state index in [1.54, 1.807) is 31.1 Å². The zero-order valence-electron chi connectivity index (χ0n) is 17.6. The van der Waals surface area contributed by atoms with Crippen molar-refractivity contribution < 1.29 is 28.5 Å². The molecule has 9 heteroatoms. The highest BCUT2D eigenvalue weighted by Crippen LogP contribution is 2.42. The summed E-state index contributed by atoms with van der Waals surface area (Å²) in [5.41, 5.74) is 1.58. The van der Waals surface area contributed by atoms with E-state index < -0.39 is 12.0 Å². The highest BCUT2D eigenvalue weighted by atomic mass is 32.2. The second-order valence-corrected chi connectivity index (χ2v) is 7.69. The minimum Gasteiger partial charge on any atom is -0.493 e. The molecule has 0 bridgehead atoms. The summed E-state index contributed by atoms with van der Waals surface area (Å²) in [4.78, 5) is 31.9. The minimum atomic E-state index is -0.655. The van der Waals surface area contributed by atoms with Gasteiger partial charge in [0.1, 0.15) is 6.61 Å². The van der Waals surface area contributed by atoms with Crippen LogP contribution < -0.4 is 9.47 Å². The number of rotatable bonds is 8. The van der Waals surface area contributed by atoms with Crippen LogP contribution in [-0.4, -0.2) is 61.7 Å². The van der Waals surface area contributed by atoms with E-state index >= 15 is 0 Å². The first kappa shape index (κ1) is 22.2. The average molecular weight is 435 g/mol. The number of carbonyl (C=O) groups excluding carboxylic acids is 2. The molecule has 2 heterocycles. The fourth-order valence-electron chi connectivity index (χ4n) is 3.40. The number of esters is 1. The van der Waals surface area contributed by atoms with Crippen molar-refractivity contribution in [3.8, 4) is 11.5 Å². The van der Waals surface area contributed by atoms with Gasteiger partial charge >= 0.3 is 5.97 Å². The van der Waals surface area contributed by atoms with Gasteiger partial charge in [0.05, 0.1) is 37.6 Å². The van der Waals surface area contributed by atoms with Gasteiger partial charge in [-0.1, -0.05) is 17.8 Å². The molecule has 8 nitrogen and oxygen atoms in total. The Hall–Kier alpha value is -2.52. The summed E-state index contributed by atoms with van der Waals surface area (Å²) in [5, 5.41) is 0.593. The van der Waals surface area contributed by atoms with Gasteiger partial charge in [0.25, 0.3) is 0 Å². The first-order chi connectivity index (χ1) is 14.5. The quantitative estimate of drug-likeness (QED) is 0.459. The molecule has 0 aromatic heterocycles. The lowest BCUT2D eigenvalue weighted by atomic mass is 9.94. The van der Waals surface area contributed by atoms with E-state index in [0.29, 0.717) is 46.7 Å². The zero-order valence-corrected chi connectivity index (χ0v) is 18.4. The number of amides is 1. The van der Waals surface area contributed by atoms with E-state index in [0.717, 1.165) is 5.56 Å². The molecule has 2 aliphatic heterocycles. The largest absolute Gasteiger partial charge is 0.493 e. The maximum atomic E-state index is 13.0. The summed E-state index contributed by atoms with van der Waals surface area (Å²) >= 11 is 1.50. The van der Waals surface area contributed by atoms with E-state index in [9.17, 15) is 9.59 Å². The van der Waals surface area contributed by atoms with E-state index in [1.165, 1.54) is 18.9 Å². The molecule has 1 amide bonds. The highest BCUT2D eigenvalue weighted by molar-refractivity contribution is 8.14. The van der Waals surface area contributed by atoms with Crippen molar-refractivity contribution in [2.24, 2.45) is 4.99 Å². The molecule has 1 unspecified atom stereocenters. The molecule has 1 aromatic rings. The van der Waals surface area contributed by atoms with Crippen LogP contribution >= 0.6 is 11.8 Å². The second kappa shape index (κ2) is 9.99. The summed E-state index contributed by atoms with van der Waals surface area (Å²) in [6.07, 6.45) is 0.374. The van der Waals surface area contributed by atoms with Crippen LogP contribution in [0, 0.1) is 0 Å². The van der Waals surface area contributed by atoms with Crippen LogP contribution in [0.15, 0.2) is 34.5 Å². The summed E-state index contributed by atoms with van der Waals surface area (Å²) in [7, 11) is 3.09. The fraction of sp³-hybridized carbons (Fsp3) is 0.476. The Morgan fingerprint density at radius 3 is 2.77 bits per heavy atom. The maximum absolute atomic E-state index is 13.0. The van der Waals surface area contributed by atoms with Gasteiger partial charge in [-0.2, -0.15) is 0 Å². The third-order valence-electron chi connectivity index (χ3n) is 4.75. The van der Waals surface area contributed by atoms with Crippen LogP contribution in [0.4, 0.5) is 0 Å². The van der Waals surface area contributed by atoms with Crippen molar-refractivity contribution >= 4 is 28.8 Å². The Morgan fingerprint density at radius 1 is 1.27 bits per heavy atom. The molecular formula is C21H26N2O6S. The van der Waals surface area contributed by atoms with Crippen LogP contribution in [-0.2, 0) is 19.1 Å². The maximum Gasteiger partial charge on any atom is 0.338 e. The van der Waals surface area contributed by atoms with E-state index in [1.807, 2.05) is 13.0 Å². The second-order valence-electron chi connectivity index (χ2n) is 6.63. The number of aliphatic imine (C=N–C) groups is 1. The smallest absolute Gasteiger partial charge is 0.338 e. The lowest BCUT2D eigenvalue weighted by molar-refractivity contribution is -0.141. The van der Waals surface area contributed by atoms with E-state index in [-0.39, 0.29) is 19.1 Å². The first-order valence-corrected chi connectivity index (χ1v) is 10.7. The van der Waals surface area contributed by atoms with Crippen molar-refractivity contribution in [1.82, 2.24) is 4.90 Å². The molecule has 0 radical (unpaired) electrons. The average Bonchev–Trinajstić information content (AvgIpc) is 2.73. The third kappa shape index (κ3) is 4.46. The molecule has 0 saturated carbocycles. The van der Waals surface area contributed by atoms with Crippen molar-refractivity contribution in [2.75, 3.05) is 39.8 Å². The van der Waals surface area contributed by atoms with Crippen molar-refractivity contribution in [3.05, 3.63) is 35.0 Å². The van der Waals surface area contributed by atoms with E-state index in [4.69, 9.17) is 18.9 Å². The number of amidine groups is 1. The first-order valence-electron chi connectivity index (χ1n) is 9.72. The third-order valence-corrected chi connectivity index (χ3v) is 5.70. The summed E-state index contributed by atoms with van der Waals surface area (Å²) < 4.78 is 21.4. The number of ether oxygens (including phenoxy) is 4. The van der Waals surface area contributed by atoms with Gasteiger partial charge in [-0.3, -0.25) is 9.69 Å². The number of hydrogen-bond acceptors (Lipinski definition) is 8. The minimum absolute atomic E-state index is 0.0833. The van der Waals surface area contributed by atoms with Crippen LogP contribution in [0.3, 0.4) is 0 Å². The predicted octanol–water partition coefficient (Wildman–Crippen LogP) is 2.93. The van der Waals surface area contributed by atoms with Gasteiger partial charge in [0, 0.05) is 19.3 Å². The Morgan fingerprint density at radius 2 is 2.07 bits per heavy atom. The molecule has 0 N–H and O–H groups in total. The van der Waals surface area contributed by atoms with Crippen LogP contribution in [0.2, 0.25) is 0 Å². The number of thioether (sulfide) groups is 1. The number of carbonyl (C=O) groups is 2. The Labute approximate surface area is 180 Å². The topological polar surface area (TPSA) is 86.7 Å². The SMILES string of the molecule is CCOc1ccc(C2C(C(=O)OCCOC)=C(C)N=C3SCCC(=O)N32)cc1OC. The molecular weight excluding hydrogens is 408 g/mol. The van der Waals surface area contributed by atoms with Gasteiger partial charge in [-0.25, -0.2) is 9.79 Å². The molecule has 1 atom stereocenters. The normalized spacial score (nSPS) is 18.7. The number of allylic oxidation sites excluding steroid dienone is 1. The fourth-order valence-corrected chi connectivity index (χ4v) is 4.40. The van der Waals surface area contributed by atoms with Crippen molar-refractivity contribution in [3.63, 3.8) is 0 Å². The predicted molar refractivity (Wildman–Crippen MR) is 114 cm³/mol. The summed E-state index contributed by atoms with van der Waals surface area (Å²) in [6.45, 7) is 4.54. The monoisotopic (exact) mass is 434 g/mol. The molecule has 0 spiro atoms. The van der Waals surface area contributed by atoms with Crippen molar-refractivity contribution in [1.29, 1.82) is 0 Å².